The van der Waals surface area contributed by atoms with Crippen molar-refractivity contribution in [3.8, 4) is 0 Å². The van der Waals surface area contributed by atoms with E-state index in [0.717, 1.165) is 49.1 Å². The van der Waals surface area contributed by atoms with E-state index in [1.165, 1.54) is 10.1 Å². The summed E-state index contributed by atoms with van der Waals surface area (Å²) in [6.45, 7) is 7.50. The molecule has 35 heavy (non-hydrogen) atoms. The minimum atomic E-state index is 0.362. The number of nitrogens with zero attached hydrogens (tertiary/aromatic N) is 6. The van der Waals surface area contributed by atoms with Gasteiger partial charge in [0.15, 0.2) is 5.11 Å². The van der Waals surface area contributed by atoms with Crippen molar-refractivity contribution in [2.45, 2.75) is 20.4 Å². The van der Waals surface area contributed by atoms with Crippen LogP contribution in [0.1, 0.15) is 17.1 Å². The van der Waals surface area contributed by atoms with Crippen LogP contribution in [0.5, 0.6) is 0 Å². The van der Waals surface area contributed by atoms with Gasteiger partial charge in [0.1, 0.15) is 11.6 Å². The summed E-state index contributed by atoms with van der Waals surface area (Å²) in [7, 11) is 0. The smallest absolute Gasteiger partial charge is 0.229 e. The highest BCUT2D eigenvalue weighted by molar-refractivity contribution is 7.80. The Morgan fingerprint density at radius 3 is 2.60 bits per heavy atom. The fourth-order valence-electron chi connectivity index (χ4n) is 4.00. The molecule has 0 spiro atoms. The van der Waals surface area contributed by atoms with E-state index in [2.05, 4.69) is 54.7 Å². The van der Waals surface area contributed by atoms with Gasteiger partial charge in [0.25, 0.3) is 0 Å². The lowest BCUT2D eigenvalue weighted by atomic mass is 10.2. The molecule has 0 radical (unpaired) electrons. The van der Waals surface area contributed by atoms with Gasteiger partial charge in [-0.25, -0.2) is 9.97 Å². The van der Waals surface area contributed by atoms with Gasteiger partial charge in [-0.05, 0) is 67.9 Å². The number of aliphatic imine (C=N–C) groups is 1. The minimum absolute atomic E-state index is 0.362. The lowest BCUT2D eigenvalue weighted by Crippen LogP contribution is -2.51. The summed E-state index contributed by atoms with van der Waals surface area (Å²) in [5.74, 6) is 2.96. The van der Waals surface area contributed by atoms with Crippen LogP contribution in [-0.2, 0) is 6.54 Å². The molecule has 0 saturated carbocycles. The summed E-state index contributed by atoms with van der Waals surface area (Å²) < 4.78 is 11.3. The summed E-state index contributed by atoms with van der Waals surface area (Å²) in [6.07, 6.45) is 1.64. The molecule has 1 fully saturated rings. The van der Waals surface area contributed by atoms with Crippen LogP contribution in [-0.4, -0.2) is 56.5 Å². The predicted octanol–water partition coefficient (Wildman–Crippen LogP) is 3.96. The Bertz CT molecular complexity index is 1320. The van der Waals surface area contributed by atoms with E-state index >= 15 is 0 Å². The summed E-state index contributed by atoms with van der Waals surface area (Å²) in [5, 5.41) is 8.00. The Morgan fingerprint density at radius 2 is 1.86 bits per heavy atom. The van der Waals surface area contributed by atoms with Crippen LogP contribution in [0.2, 0.25) is 0 Å². The Kier molecular flexibility index (Phi) is 6.87. The van der Waals surface area contributed by atoms with Crippen molar-refractivity contribution in [1.82, 2.24) is 24.6 Å². The number of aromatic nitrogens is 3. The molecule has 3 aromatic heterocycles. The summed E-state index contributed by atoms with van der Waals surface area (Å²) in [6, 6.07) is 14.0. The second-order valence-corrected chi connectivity index (χ2v) is 9.44. The van der Waals surface area contributed by atoms with Crippen LogP contribution in [0, 0.1) is 13.8 Å². The van der Waals surface area contributed by atoms with Crippen molar-refractivity contribution < 1.29 is 4.42 Å². The molecule has 1 saturated heterocycles. The average Bonchev–Trinajstić information content (AvgIpc) is 3.52. The quantitative estimate of drug-likeness (QED) is 0.242. The van der Waals surface area contributed by atoms with Gasteiger partial charge in [-0.2, -0.15) is 9.37 Å². The number of furan rings is 1. The molecule has 180 valence electrons. The van der Waals surface area contributed by atoms with Gasteiger partial charge in [0.2, 0.25) is 11.9 Å². The largest absolute Gasteiger partial charge is 0.467 e. The SMILES string of the molecule is Cc1cc(C)nc(N/C(=N/C(=S)NCc2ccco2)N2CCN(c3nsc4ccccc34)CC2)n1. The summed E-state index contributed by atoms with van der Waals surface area (Å²) in [5.41, 5.74) is 1.77. The molecular formula is C24H26N8OS2. The zero-order valence-corrected chi connectivity index (χ0v) is 21.2. The Balaban J connectivity index is 1.32. The zero-order chi connectivity index (χ0) is 24.2. The van der Waals surface area contributed by atoms with E-state index < -0.39 is 0 Å². The number of aryl methyl sites for hydroxylation is 2. The van der Waals surface area contributed by atoms with Crippen molar-refractivity contribution in [2.75, 3.05) is 36.4 Å². The van der Waals surface area contributed by atoms with Gasteiger partial charge in [0, 0.05) is 43.0 Å². The Morgan fingerprint density at radius 1 is 1.09 bits per heavy atom. The summed E-state index contributed by atoms with van der Waals surface area (Å²) >= 11 is 7.06. The molecule has 0 aliphatic carbocycles. The lowest BCUT2D eigenvalue weighted by Gasteiger charge is -2.36. The van der Waals surface area contributed by atoms with Crippen molar-refractivity contribution in [2.24, 2.45) is 4.99 Å². The molecule has 4 aromatic rings. The number of piperazine rings is 1. The number of fused-ring (bicyclic) bond motifs is 1. The highest BCUT2D eigenvalue weighted by atomic mass is 32.1. The fraction of sp³-hybridized carbons (Fsp3) is 0.292. The number of hydrogen-bond donors (Lipinski definition) is 2. The first-order valence-corrected chi connectivity index (χ1v) is 12.6. The third kappa shape index (κ3) is 5.57. The van der Waals surface area contributed by atoms with Gasteiger partial charge in [-0.1, -0.05) is 12.1 Å². The molecule has 0 amide bonds. The van der Waals surface area contributed by atoms with Crippen LogP contribution in [0.25, 0.3) is 10.1 Å². The molecule has 2 N–H and O–H groups in total. The number of guanidine groups is 1. The first-order chi connectivity index (χ1) is 17.0. The van der Waals surface area contributed by atoms with Crippen LogP contribution >= 0.6 is 23.8 Å². The van der Waals surface area contributed by atoms with Gasteiger partial charge >= 0.3 is 0 Å². The molecule has 0 bridgehead atoms. The van der Waals surface area contributed by atoms with E-state index in [-0.39, 0.29) is 0 Å². The van der Waals surface area contributed by atoms with Crippen LogP contribution in [0.4, 0.5) is 11.8 Å². The van der Waals surface area contributed by atoms with E-state index in [1.54, 1.807) is 17.8 Å². The van der Waals surface area contributed by atoms with E-state index in [4.69, 9.17) is 26.0 Å². The zero-order valence-electron chi connectivity index (χ0n) is 19.6. The first kappa shape index (κ1) is 23.2. The predicted molar refractivity (Wildman–Crippen MR) is 144 cm³/mol. The number of hydrogen-bond acceptors (Lipinski definition) is 7. The third-order valence-corrected chi connectivity index (χ3v) is 6.70. The number of benzene rings is 1. The monoisotopic (exact) mass is 506 g/mol. The molecule has 0 atom stereocenters. The normalized spacial score (nSPS) is 14.4. The molecule has 1 aromatic carbocycles. The summed E-state index contributed by atoms with van der Waals surface area (Å²) in [4.78, 5) is 18.2. The molecule has 5 rings (SSSR count). The lowest BCUT2D eigenvalue weighted by molar-refractivity contribution is 0.384. The molecule has 11 heteroatoms. The second-order valence-electron chi connectivity index (χ2n) is 8.25. The molecule has 1 aliphatic heterocycles. The van der Waals surface area contributed by atoms with Crippen molar-refractivity contribution in [3.05, 3.63) is 65.9 Å². The molecule has 9 nitrogen and oxygen atoms in total. The Labute approximate surface area is 213 Å². The molecule has 4 heterocycles. The minimum Gasteiger partial charge on any atom is -0.467 e. The van der Waals surface area contributed by atoms with Crippen LogP contribution in [0.3, 0.4) is 0 Å². The van der Waals surface area contributed by atoms with Gasteiger partial charge < -0.3 is 19.5 Å². The number of rotatable bonds is 4. The molecule has 0 unspecified atom stereocenters. The van der Waals surface area contributed by atoms with Crippen molar-refractivity contribution in [1.29, 1.82) is 0 Å². The van der Waals surface area contributed by atoms with Gasteiger partial charge in [0.05, 0.1) is 17.5 Å². The number of thiocarbonyl (C=S) groups is 1. The standard InChI is InChI=1S/C24H26N8OS2/c1-16-14-17(2)27-22(26-16)28-23(29-24(34)25-15-18-6-5-13-33-18)32-11-9-31(10-12-32)21-19-7-3-4-8-20(19)35-30-21/h3-8,13-14H,9-12,15H2,1-2H3,(H2,25,26,27,28,29,34). The van der Waals surface area contributed by atoms with Gasteiger partial charge in [-0.3, -0.25) is 5.32 Å². The first-order valence-electron chi connectivity index (χ1n) is 11.4. The second kappa shape index (κ2) is 10.4. The maximum atomic E-state index is 5.51. The van der Waals surface area contributed by atoms with E-state index in [9.17, 15) is 0 Å². The van der Waals surface area contributed by atoms with Crippen LogP contribution < -0.4 is 15.5 Å². The topological polar surface area (TPSA) is 94.7 Å². The van der Waals surface area contributed by atoms with Crippen molar-refractivity contribution >= 4 is 56.7 Å². The van der Waals surface area contributed by atoms with E-state index in [0.29, 0.717) is 23.6 Å². The van der Waals surface area contributed by atoms with Gasteiger partial charge in [-0.15, -0.1) is 0 Å². The molecular weight excluding hydrogens is 480 g/mol. The van der Waals surface area contributed by atoms with Crippen molar-refractivity contribution in [3.63, 3.8) is 0 Å². The van der Waals surface area contributed by atoms with Crippen LogP contribution in [0.15, 0.2) is 58.1 Å². The van der Waals surface area contributed by atoms with E-state index in [1.807, 2.05) is 32.0 Å². The number of anilines is 2. The highest BCUT2D eigenvalue weighted by Gasteiger charge is 2.24. The highest BCUT2D eigenvalue weighted by Crippen LogP contribution is 2.29. The maximum Gasteiger partial charge on any atom is 0.229 e. The number of nitrogens with one attached hydrogen (secondary N) is 2. The molecule has 1 aliphatic rings. The Hall–Kier alpha value is -3.57. The third-order valence-electron chi connectivity index (χ3n) is 5.64. The maximum absolute atomic E-state index is 5.51. The fourth-order valence-corrected chi connectivity index (χ4v) is 4.96. The average molecular weight is 507 g/mol.